The van der Waals surface area contributed by atoms with Crippen LogP contribution < -0.4 is 9.80 Å². The second kappa shape index (κ2) is 6.48. The Kier molecular flexibility index (Phi) is 4.71. The maximum Gasteiger partial charge on any atom is 0.134 e. The predicted molar refractivity (Wildman–Crippen MR) is 95.5 cm³/mol. The van der Waals surface area contributed by atoms with E-state index in [1.54, 1.807) is 13.4 Å². The van der Waals surface area contributed by atoms with Crippen LogP contribution in [0.2, 0.25) is 0 Å². The third-order valence-corrected chi connectivity index (χ3v) is 5.54. The van der Waals surface area contributed by atoms with Crippen molar-refractivity contribution < 1.29 is 9.84 Å². The highest BCUT2D eigenvalue weighted by atomic mass is 16.5. The molecule has 1 aromatic heterocycles. The van der Waals surface area contributed by atoms with Gasteiger partial charge in [-0.3, -0.25) is 0 Å². The number of rotatable bonds is 3. The summed E-state index contributed by atoms with van der Waals surface area (Å²) in [7, 11) is 1.80. The maximum absolute atomic E-state index is 10.1. The van der Waals surface area contributed by atoms with Crippen LogP contribution in [0.25, 0.3) is 0 Å². The number of aromatic nitrogens is 2. The second-order valence-electron chi connectivity index (χ2n) is 8.14. The average Bonchev–Trinajstić information content (AvgIpc) is 2.54. The van der Waals surface area contributed by atoms with E-state index in [1.807, 2.05) is 6.92 Å². The molecular weight excluding hydrogens is 304 g/mol. The Bertz CT molecular complexity index is 566. The standard InChI is InChI=1S/C18H30N4O2/c1-17(2)12-22(8-5-14(17)24-4)16-11-15(19-13-20-16)21-9-6-18(3,23)7-10-21/h11,13-14,23H,5-10,12H2,1-4H3. The van der Waals surface area contributed by atoms with Gasteiger partial charge in [0.15, 0.2) is 0 Å². The van der Waals surface area contributed by atoms with Crippen molar-refractivity contribution in [3.8, 4) is 0 Å². The van der Waals surface area contributed by atoms with Gasteiger partial charge in [-0.2, -0.15) is 0 Å². The smallest absolute Gasteiger partial charge is 0.134 e. The highest BCUT2D eigenvalue weighted by molar-refractivity contribution is 5.51. The van der Waals surface area contributed by atoms with Crippen LogP contribution in [-0.2, 0) is 4.74 Å². The van der Waals surface area contributed by atoms with Crippen LogP contribution in [0.5, 0.6) is 0 Å². The maximum atomic E-state index is 10.1. The summed E-state index contributed by atoms with van der Waals surface area (Å²) in [5.74, 6) is 1.95. The molecule has 0 saturated carbocycles. The minimum atomic E-state index is -0.543. The van der Waals surface area contributed by atoms with Crippen molar-refractivity contribution >= 4 is 11.6 Å². The Morgan fingerprint density at radius 1 is 1.08 bits per heavy atom. The molecule has 1 unspecified atom stereocenters. The zero-order chi connectivity index (χ0) is 17.4. The Morgan fingerprint density at radius 2 is 1.71 bits per heavy atom. The number of hydrogen-bond donors (Lipinski definition) is 1. The molecule has 0 aliphatic carbocycles. The summed E-state index contributed by atoms with van der Waals surface area (Å²) < 4.78 is 5.64. The summed E-state index contributed by atoms with van der Waals surface area (Å²) >= 11 is 0. The molecule has 24 heavy (non-hydrogen) atoms. The number of hydrogen-bond acceptors (Lipinski definition) is 6. The van der Waals surface area contributed by atoms with Gasteiger partial charge in [-0.05, 0) is 26.2 Å². The fourth-order valence-corrected chi connectivity index (χ4v) is 3.87. The van der Waals surface area contributed by atoms with E-state index >= 15 is 0 Å². The van der Waals surface area contributed by atoms with E-state index in [9.17, 15) is 5.11 Å². The molecule has 3 heterocycles. The van der Waals surface area contributed by atoms with Gasteiger partial charge in [0.2, 0.25) is 0 Å². The first-order valence-electron chi connectivity index (χ1n) is 8.88. The van der Waals surface area contributed by atoms with Gasteiger partial charge in [-0.15, -0.1) is 0 Å². The molecule has 1 atom stereocenters. The molecule has 0 bridgehead atoms. The lowest BCUT2D eigenvalue weighted by molar-refractivity contribution is -0.00643. The molecule has 6 nitrogen and oxygen atoms in total. The molecule has 6 heteroatoms. The van der Waals surface area contributed by atoms with Crippen LogP contribution >= 0.6 is 0 Å². The van der Waals surface area contributed by atoms with E-state index in [0.29, 0.717) is 6.10 Å². The monoisotopic (exact) mass is 334 g/mol. The van der Waals surface area contributed by atoms with Gasteiger partial charge in [0, 0.05) is 44.8 Å². The SMILES string of the molecule is COC1CCN(c2cc(N3CCC(C)(O)CC3)ncn2)CC1(C)C. The normalized spacial score (nSPS) is 26.5. The van der Waals surface area contributed by atoms with E-state index in [2.05, 4.69) is 39.7 Å². The number of aliphatic hydroxyl groups is 1. The highest BCUT2D eigenvalue weighted by Gasteiger charge is 2.36. The lowest BCUT2D eigenvalue weighted by Crippen LogP contribution is -2.49. The van der Waals surface area contributed by atoms with Gasteiger partial charge >= 0.3 is 0 Å². The Balaban J connectivity index is 1.72. The molecule has 2 aliphatic rings. The predicted octanol–water partition coefficient (Wildman–Crippen LogP) is 2.08. The van der Waals surface area contributed by atoms with Gasteiger partial charge < -0.3 is 19.6 Å². The van der Waals surface area contributed by atoms with Gasteiger partial charge in [0.25, 0.3) is 0 Å². The molecule has 3 rings (SSSR count). The van der Waals surface area contributed by atoms with E-state index in [-0.39, 0.29) is 5.41 Å². The Labute approximate surface area is 144 Å². The van der Waals surface area contributed by atoms with Crippen LogP contribution in [0, 0.1) is 5.41 Å². The van der Waals surface area contributed by atoms with Crippen LogP contribution in [0.1, 0.15) is 40.0 Å². The van der Waals surface area contributed by atoms with Gasteiger partial charge in [-0.1, -0.05) is 13.8 Å². The van der Waals surface area contributed by atoms with E-state index in [0.717, 1.165) is 57.1 Å². The van der Waals surface area contributed by atoms with Crippen molar-refractivity contribution in [1.29, 1.82) is 0 Å². The number of nitrogens with zero attached hydrogens (tertiary/aromatic N) is 4. The molecule has 1 aromatic rings. The summed E-state index contributed by atoms with van der Waals surface area (Å²) in [6.45, 7) is 9.97. The first-order valence-corrected chi connectivity index (χ1v) is 8.88. The molecular formula is C18H30N4O2. The number of ether oxygens (including phenoxy) is 1. The first-order chi connectivity index (χ1) is 11.3. The zero-order valence-corrected chi connectivity index (χ0v) is 15.3. The molecule has 2 fully saturated rings. The van der Waals surface area contributed by atoms with Crippen LogP contribution in [-0.4, -0.2) is 60.1 Å². The topological polar surface area (TPSA) is 61.7 Å². The van der Waals surface area contributed by atoms with Gasteiger partial charge in [0.1, 0.15) is 18.0 Å². The number of piperidine rings is 2. The van der Waals surface area contributed by atoms with E-state index < -0.39 is 5.60 Å². The average molecular weight is 334 g/mol. The van der Waals surface area contributed by atoms with Crippen LogP contribution in [0.15, 0.2) is 12.4 Å². The molecule has 2 saturated heterocycles. The van der Waals surface area contributed by atoms with Crippen molar-refractivity contribution in [3.63, 3.8) is 0 Å². The lowest BCUT2D eigenvalue weighted by Gasteiger charge is -2.44. The third kappa shape index (κ3) is 3.64. The summed E-state index contributed by atoms with van der Waals surface area (Å²) in [4.78, 5) is 13.5. The van der Waals surface area contributed by atoms with Gasteiger partial charge in [-0.25, -0.2) is 9.97 Å². The molecule has 0 aromatic carbocycles. The summed E-state index contributed by atoms with van der Waals surface area (Å²) in [5, 5.41) is 10.1. The van der Waals surface area contributed by atoms with Gasteiger partial charge in [0.05, 0.1) is 11.7 Å². The summed E-state index contributed by atoms with van der Waals surface area (Å²) in [6, 6.07) is 2.09. The first kappa shape index (κ1) is 17.4. The molecule has 0 radical (unpaired) electrons. The number of methoxy groups -OCH3 is 1. The van der Waals surface area contributed by atoms with E-state index in [4.69, 9.17) is 4.74 Å². The number of anilines is 2. The van der Waals surface area contributed by atoms with Crippen molar-refractivity contribution in [2.45, 2.75) is 51.7 Å². The Morgan fingerprint density at radius 3 is 2.29 bits per heavy atom. The Hall–Kier alpha value is -1.40. The molecule has 134 valence electrons. The highest BCUT2D eigenvalue weighted by Crippen LogP contribution is 2.34. The minimum Gasteiger partial charge on any atom is -0.390 e. The largest absolute Gasteiger partial charge is 0.390 e. The zero-order valence-electron chi connectivity index (χ0n) is 15.3. The van der Waals surface area contributed by atoms with E-state index in [1.165, 1.54) is 0 Å². The third-order valence-electron chi connectivity index (χ3n) is 5.54. The van der Waals surface area contributed by atoms with Crippen molar-refractivity contribution in [2.24, 2.45) is 5.41 Å². The molecule has 2 aliphatic heterocycles. The van der Waals surface area contributed by atoms with Crippen LogP contribution in [0.3, 0.4) is 0 Å². The molecule has 0 spiro atoms. The fraction of sp³-hybridized carbons (Fsp3) is 0.778. The second-order valence-corrected chi connectivity index (χ2v) is 8.14. The molecule has 0 amide bonds. The summed E-state index contributed by atoms with van der Waals surface area (Å²) in [5.41, 5.74) is -0.444. The fourth-order valence-electron chi connectivity index (χ4n) is 3.87. The van der Waals surface area contributed by atoms with Crippen molar-refractivity contribution in [1.82, 2.24) is 9.97 Å². The van der Waals surface area contributed by atoms with Crippen molar-refractivity contribution in [2.75, 3.05) is 43.1 Å². The quantitative estimate of drug-likeness (QED) is 0.913. The van der Waals surface area contributed by atoms with Crippen LogP contribution in [0.4, 0.5) is 11.6 Å². The van der Waals surface area contributed by atoms with Crippen molar-refractivity contribution in [3.05, 3.63) is 12.4 Å². The molecule has 1 N–H and O–H groups in total. The minimum absolute atomic E-state index is 0.0991. The lowest BCUT2D eigenvalue weighted by atomic mass is 9.81. The summed E-state index contributed by atoms with van der Waals surface area (Å²) in [6.07, 6.45) is 4.51.